The van der Waals surface area contributed by atoms with Crippen molar-refractivity contribution in [1.29, 1.82) is 0 Å². The largest absolute Gasteiger partial charge is 0.446 e. The molecular weight excluding hydrogens is 381 g/mol. The van der Waals surface area contributed by atoms with E-state index in [0.29, 0.717) is 0 Å². The van der Waals surface area contributed by atoms with Gasteiger partial charge in [0.05, 0.1) is 24.1 Å². The molecule has 1 aliphatic rings. The number of urea groups is 1. The number of amides is 3. The smallest absolute Gasteiger partial charge is 0.387 e. The number of pyridine rings is 1. The van der Waals surface area contributed by atoms with Gasteiger partial charge in [0, 0.05) is 18.1 Å². The highest BCUT2D eigenvalue weighted by Crippen LogP contribution is 2.37. The Balaban J connectivity index is 1.76. The number of imide groups is 1. The minimum Gasteiger partial charge on any atom is -0.387 e. The summed E-state index contributed by atoms with van der Waals surface area (Å²) in [5, 5.41) is 2.97. The lowest BCUT2D eigenvalue weighted by Gasteiger charge is -2.18. The maximum Gasteiger partial charge on any atom is 0.446 e. The van der Waals surface area contributed by atoms with Crippen LogP contribution in [0.3, 0.4) is 0 Å². The topological polar surface area (TPSA) is 65.5 Å². The Bertz CT molecular complexity index is 858. The summed E-state index contributed by atoms with van der Waals surface area (Å²) in [5.74, 6) is -0.434. The van der Waals surface area contributed by atoms with Crippen molar-refractivity contribution >= 4 is 35.1 Å². The highest BCUT2D eigenvalue weighted by atomic mass is 32.2. The van der Waals surface area contributed by atoms with E-state index in [2.05, 4.69) is 10.3 Å². The van der Waals surface area contributed by atoms with Gasteiger partial charge < -0.3 is 10.2 Å². The fourth-order valence-electron chi connectivity index (χ4n) is 2.72. The van der Waals surface area contributed by atoms with Crippen LogP contribution in [0.25, 0.3) is 0 Å². The SMILES string of the molecule is CNc1cnccc1CN1CC(=O)N(c2ccc(SC(F)(F)F)cc2)C1=O. The van der Waals surface area contributed by atoms with Gasteiger partial charge in [-0.15, -0.1) is 0 Å². The van der Waals surface area contributed by atoms with Crippen molar-refractivity contribution in [1.82, 2.24) is 9.88 Å². The zero-order valence-corrected chi connectivity index (χ0v) is 15.0. The third kappa shape index (κ3) is 4.33. The molecule has 142 valence electrons. The van der Waals surface area contributed by atoms with E-state index in [4.69, 9.17) is 0 Å². The Morgan fingerprint density at radius 1 is 1.19 bits per heavy atom. The lowest BCUT2D eigenvalue weighted by atomic mass is 10.2. The van der Waals surface area contributed by atoms with Crippen LogP contribution in [-0.4, -0.2) is 40.9 Å². The highest BCUT2D eigenvalue weighted by Gasteiger charge is 2.37. The molecular formula is C17H15F3N4O2S. The van der Waals surface area contributed by atoms with Gasteiger partial charge in [-0.3, -0.25) is 9.78 Å². The van der Waals surface area contributed by atoms with Crippen LogP contribution in [-0.2, 0) is 11.3 Å². The van der Waals surface area contributed by atoms with Crippen molar-refractivity contribution in [2.75, 3.05) is 23.8 Å². The quantitative estimate of drug-likeness (QED) is 0.617. The molecule has 0 radical (unpaired) electrons. The third-order valence-electron chi connectivity index (χ3n) is 3.91. The van der Waals surface area contributed by atoms with Gasteiger partial charge in [0.25, 0.3) is 5.91 Å². The van der Waals surface area contributed by atoms with Crippen molar-refractivity contribution in [3.8, 4) is 0 Å². The molecule has 6 nitrogen and oxygen atoms in total. The first kappa shape index (κ1) is 19.0. The van der Waals surface area contributed by atoms with Crippen LogP contribution in [0.2, 0.25) is 0 Å². The zero-order chi connectivity index (χ0) is 19.6. The summed E-state index contributed by atoms with van der Waals surface area (Å²) in [5.41, 5.74) is -2.62. The monoisotopic (exact) mass is 396 g/mol. The van der Waals surface area contributed by atoms with Crippen LogP contribution < -0.4 is 10.2 Å². The first-order chi connectivity index (χ1) is 12.8. The molecule has 1 aromatic carbocycles. The Kier molecular flexibility index (Phi) is 5.26. The van der Waals surface area contributed by atoms with Crippen molar-refractivity contribution in [3.63, 3.8) is 0 Å². The Hall–Kier alpha value is -2.75. The number of alkyl halides is 3. The predicted molar refractivity (Wildman–Crippen MR) is 95.4 cm³/mol. The molecule has 1 aromatic heterocycles. The number of nitrogens with zero attached hydrogens (tertiary/aromatic N) is 3. The molecule has 0 spiro atoms. The molecule has 0 aliphatic carbocycles. The number of hydrogen-bond acceptors (Lipinski definition) is 5. The van der Waals surface area contributed by atoms with E-state index in [9.17, 15) is 22.8 Å². The molecule has 10 heteroatoms. The van der Waals surface area contributed by atoms with Gasteiger partial charge in [0.15, 0.2) is 0 Å². The van der Waals surface area contributed by atoms with Crippen LogP contribution in [0.1, 0.15) is 5.56 Å². The van der Waals surface area contributed by atoms with Crippen molar-refractivity contribution in [3.05, 3.63) is 48.3 Å². The second-order valence-electron chi connectivity index (χ2n) is 5.69. The average molecular weight is 396 g/mol. The van der Waals surface area contributed by atoms with E-state index in [1.165, 1.54) is 29.2 Å². The maximum absolute atomic E-state index is 12.6. The summed E-state index contributed by atoms with van der Waals surface area (Å²) in [6.45, 7) is 0.102. The number of benzene rings is 1. The minimum absolute atomic E-state index is 0.0161. The Labute approximate surface area is 157 Å². The van der Waals surface area contributed by atoms with Crippen LogP contribution in [0.5, 0.6) is 0 Å². The van der Waals surface area contributed by atoms with Crippen LogP contribution in [0.4, 0.5) is 29.3 Å². The number of carbonyl (C=O) groups is 2. The van der Waals surface area contributed by atoms with Gasteiger partial charge in [-0.05, 0) is 47.7 Å². The van der Waals surface area contributed by atoms with Gasteiger partial charge >= 0.3 is 11.5 Å². The molecule has 1 N–H and O–H groups in total. The summed E-state index contributed by atoms with van der Waals surface area (Å²) in [6, 6.07) is 6.36. The normalized spacial score (nSPS) is 14.8. The average Bonchev–Trinajstić information content (AvgIpc) is 2.88. The summed E-state index contributed by atoms with van der Waals surface area (Å²) in [7, 11) is 1.73. The number of carbonyl (C=O) groups excluding carboxylic acids is 2. The number of thioether (sulfide) groups is 1. The van der Waals surface area contributed by atoms with Gasteiger partial charge in [-0.2, -0.15) is 13.2 Å². The molecule has 1 aliphatic heterocycles. The number of nitrogens with one attached hydrogen (secondary N) is 1. The number of hydrogen-bond donors (Lipinski definition) is 1. The molecule has 27 heavy (non-hydrogen) atoms. The first-order valence-corrected chi connectivity index (χ1v) is 8.68. The molecule has 3 rings (SSSR count). The van der Waals surface area contributed by atoms with Crippen LogP contribution >= 0.6 is 11.8 Å². The van der Waals surface area contributed by atoms with Crippen molar-refractivity contribution < 1.29 is 22.8 Å². The van der Waals surface area contributed by atoms with E-state index in [1.54, 1.807) is 25.5 Å². The van der Waals surface area contributed by atoms with Gasteiger partial charge in [-0.1, -0.05) is 0 Å². The molecule has 3 amide bonds. The molecule has 0 atom stereocenters. The molecule has 2 aromatic rings. The fourth-order valence-corrected chi connectivity index (χ4v) is 3.26. The van der Waals surface area contributed by atoms with E-state index >= 15 is 0 Å². The van der Waals surface area contributed by atoms with E-state index in [0.717, 1.165) is 16.2 Å². The van der Waals surface area contributed by atoms with E-state index in [1.807, 2.05) is 0 Å². The zero-order valence-electron chi connectivity index (χ0n) is 14.2. The number of aromatic nitrogens is 1. The third-order valence-corrected chi connectivity index (χ3v) is 4.65. The molecule has 1 fully saturated rings. The molecule has 0 bridgehead atoms. The highest BCUT2D eigenvalue weighted by molar-refractivity contribution is 8.00. The maximum atomic E-state index is 12.6. The summed E-state index contributed by atoms with van der Waals surface area (Å²) in [6.07, 6.45) is 3.21. The lowest BCUT2D eigenvalue weighted by Crippen LogP contribution is -2.32. The van der Waals surface area contributed by atoms with Crippen molar-refractivity contribution in [2.45, 2.75) is 16.9 Å². The van der Waals surface area contributed by atoms with E-state index in [-0.39, 0.29) is 35.4 Å². The summed E-state index contributed by atoms with van der Waals surface area (Å²) >= 11 is -0.252. The van der Waals surface area contributed by atoms with Gasteiger partial charge in [-0.25, -0.2) is 9.69 Å². The minimum atomic E-state index is -4.40. The second kappa shape index (κ2) is 7.47. The molecule has 0 unspecified atom stereocenters. The first-order valence-electron chi connectivity index (χ1n) is 7.87. The van der Waals surface area contributed by atoms with Gasteiger partial charge in [0.2, 0.25) is 0 Å². The van der Waals surface area contributed by atoms with Crippen molar-refractivity contribution in [2.24, 2.45) is 0 Å². The molecule has 2 heterocycles. The fraction of sp³-hybridized carbons (Fsp3) is 0.235. The number of rotatable bonds is 5. The molecule has 1 saturated heterocycles. The Morgan fingerprint density at radius 2 is 1.89 bits per heavy atom. The second-order valence-corrected chi connectivity index (χ2v) is 6.83. The van der Waals surface area contributed by atoms with Crippen LogP contribution in [0, 0.1) is 0 Å². The predicted octanol–water partition coefficient (Wildman–Crippen LogP) is 3.70. The summed E-state index contributed by atoms with van der Waals surface area (Å²) < 4.78 is 37.2. The number of halogens is 3. The number of anilines is 2. The lowest BCUT2D eigenvalue weighted by molar-refractivity contribution is -0.116. The van der Waals surface area contributed by atoms with Crippen LogP contribution in [0.15, 0.2) is 47.6 Å². The van der Waals surface area contributed by atoms with E-state index < -0.39 is 17.4 Å². The molecule has 0 saturated carbocycles. The summed E-state index contributed by atoms with van der Waals surface area (Å²) in [4.78, 5) is 31.3. The van der Waals surface area contributed by atoms with Gasteiger partial charge in [0.1, 0.15) is 6.54 Å². The Morgan fingerprint density at radius 3 is 2.52 bits per heavy atom. The standard InChI is InChI=1S/C17H15F3N4O2S/c1-21-14-8-22-7-6-11(14)9-23-10-15(25)24(16(23)26)12-2-4-13(5-3-12)27-17(18,19)20/h2-8,21H,9-10H2,1H3.